The van der Waals surface area contributed by atoms with Crippen LogP contribution in [-0.2, 0) is 17.9 Å². The van der Waals surface area contributed by atoms with Crippen molar-refractivity contribution in [2.45, 2.75) is 26.9 Å². The zero-order valence-corrected chi connectivity index (χ0v) is 20.7. The van der Waals surface area contributed by atoms with Crippen LogP contribution in [0.4, 0.5) is 5.82 Å². The summed E-state index contributed by atoms with van der Waals surface area (Å²) in [4.78, 5) is 18.5. The average Bonchev–Trinajstić information content (AvgIpc) is 3.52. The molecule has 0 saturated carbocycles. The van der Waals surface area contributed by atoms with Gasteiger partial charge < -0.3 is 5.32 Å². The Morgan fingerprint density at radius 1 is 1.06 bits per heavy atom. The smallest absolute Gasteiger partial charge is 0.247 e. The number of nitrogens with zero attached hydrogens (tertiary/aromatic N) is 5. The fourth-order valence-electron chi connectivity index (χ4n) is 3.89. The normalized spacial score (nSPS) is 11.3. The predicted molar refractivity (Wildman–Crippen MR) is 137 cm³/mol. The lowest BCUT2D eigenvalue weighted by molar-refractivity contribution is -0.116. The van der Waals surface area contributed by atoms with E-state index in [-0.39, 0.29) is 12.5 Å². The summed E-state index contributed by atoms with van der Waals surface area (Å²) < 4.78 is 3.44. The SMILES string of the molecule is Cc1nn(CC(=O)Nc2cc(C)n(Cc3ccc(Cl)c(Cl)c3)n2)c2nccc(-c3cccs3)c12. The molecular weight excluding hydrogens is 491 g/mol. The first-order chi connectivity index (χ1) is 16.4. The summed E-state index contributed by atoms with van der Waals surface area (Å²) in [5, 5.41) is 16.0. The van der Waals surface area contributed by atoms with Crippen LogP contribution in [0.1, 0.15) is 17.0 Å². The summed E-state index contributed by atoms with van der Waals surface area (Å²) in [6, 6.07) is 13.4. The lowest BCUT2D eigenvalue weighted by Gasteiger charge is -2.06. The second-order valence-electron chi connectivity index (χ2n) is 7.90. The molecule has 10 heteroatoms. The Balaban J connectivity index is 1.34. The van der Waals surface area contributed by atoms with Gasteiger partial charge in [0.05, 0.1) is 27.7 Å². The van der Waals surface area contributed by atoms with Crippen molar-refractivity contribution in [2.24, 2.45) is 0 Å². The number of fused-ring (bicyclic) bond motifs is 1. The number of carbonyl (C=O) groups is 1. The van der Waals surface area contributed by atoms with Gasteiger partial charge in [0.25, 0.3) is 0 Å². The third-order valence-corrected chi connectivity index (χ3v) is 7.10. The Kier molecular flexibility index (Phi) is 6.12. The zero-order chi connectivity index (χ0) is 23.8. The molecule has 7 nitrogen and oxygen atoms in total. The molecule has 0 atom stereocenters. The molecule has 0 bridgehead atoms. The first-order valence-electron chi connectivity index (χ1n) is 10.5. The third kappa shape index (κ3) is 4.44. The summed E-state index contributed by atoms with van der Waals surface area (Å²) in [7, 11) is 0. The van der Waals surface area contributed by atoms with Gasteiger partial charge in [-0.2, -0.15) is 10.2 Å². The zero-order valence-electron chi connectivity index (χ0n) is 18.4. The van der Waals surface area contributed by atoms with E-state index >= 15 is 0 Å². The van der Waals surface area contributed by atoms with Crippen molar-refractivity contribution in [3.05, 3.63) is 81.0 Å². The molecule has 0 aliphatic rings. The number of aryl methyl sites for hydroxylation is 2. The van der Waals surface area contributed by atoms with E-state index in [0.717, 1.165) is 32.8 Å². The number of anilines is 1. The van der Waals surface area contributed by atoms with Crippen molar-refractivity contribution in [1.29, 1.82) is 0 Å². The summed E-state index contributed by atoms with van der Waals surface area (Å²) in [6.07, 6.45) is 1.75. The predicted octanol–water partition coefficient (Wildman–Crippen LogP) is 5.97. The van der Waals surface area contributed by atoms with Crippen molar-refractivity contribution in [2.75, 3.05) is 5.32 Å². The van der Waals surface area contributed by atoms with E-state index in [9.17, 15) is 4.79 Å². The molecule has 1 N–H and O–H groups in total. The maximum atomic E-state index is 12.8. The number of amides is 1. The van der Waals surface area contributed by atoms with Crippen LogP contribution >= 0.6 is 34.5 Å². The molecule has 0 spiro atoms. The Hall–Kier alpha value is -3.20. The maximum absolute atomic E-state index is 12.8. The van der Waals surface area contributed by atoms with Crippen LogP contribution in [0.25, 0.3) is 21.5 Å². The summed E-state index contributed by atoms with van der Waals surface area (Å²) in [5.74, 6) is 0.245. The lowest BCUT2D eigenvalue weighted by Crippen LogP contribution is -2.20. The number of hydrogen-bond acceptors (Lipinski definition) is 5. The van der Waals surface area contributed by atoms with E-state index in [4.69, 9.17) is 23.2 Å². The first-order valence-corrected chi connectivity index (χ1v) is 12.2. The van der Waals surface area contributed by atoms with Gasteiger partial charge in [0, 0.05) is 28.4 Å². The van der Waals surface area contributed by atoms with Crippen molar-refractivity contribution < 1.29 is 4.79 Å². The minimum atomic E-state index is -0.230. The molecule has 34 heavy (non-hydrogen) atoms. The van der Waals surface area contributed by atoms with Crippen molar-refractivity contribution in [3.8, 4) is 10.4 Å². The lowest BCUT2D eigenvalue weighted by atomic mass is 10.1. The van der Waals surface area contributed by atoms with Gasteiger partial charge in [0.2, 0.25) is 5.91 Å². The number of nitrogens with one attached hydrogen (secondary N) is 1. The highest BCUT2D eigenvalue weighted by Crippen LogP contribution is 2.32. The van der Waals surface area contributed by atoms with Crippen molar-refractivity contribution >= 4 is 57.3 Å². The highest BCUT2D eigenvalue weighted by molar-refractivity contribution is 7.13. The van der Waals surface area contributed by atoms with Gasteiger partial charge >= 0.3 is 0 Å². The molecule has 5 rings (SSSR count). The molecule has 1 amide bonds. The molecule has 1 aromatic carbocycles. The van der Waals surface area contributed by atoms with Crippen molar-refractivity contribution in [1.82, 2.24) is 24.5 Å². The minimum absolute atomic E-state index is 0.0317. The number of halogens is 2. The quantitative estimate of drug-likeness (QED) is 0.305. The average molecular weight is 511 g/mol. The molecule has 5 aromatic rings. The molecule has 0 radical (unpaired) electrons. The fourth-order valence-corrected chi connectivity index (χ4v) is 4.97. The molecule has 4 heterocycles. The Morgan fingerprint density at radius 2 is 1.91 bits per heavy atom. The number of aromatic nitrogens is 5. The molecule has 0 fully saturated rings. The van der Waals surface area contributed by atoms with Crippen LogP contribution in [0, 0.1) is 13.8 Å². The van der Waals surface area contributed by atoms with E-state index in [2.05, 4.69) is 26.6 Å². The Labute approximate surface area is 210 Å². The van der Waals surface area contributed by atoms with Gasteiger partial charge in [-0.3, -0.25) is 9.48 Å². The van der Waals surface area contributed by atoms with Gasteiger partial charge in [-0.1, -0.05) is 35.3 Å². The topological polar surface area (TPSA) is 77.6 Å². The fraction of sp³-hybridized carbons (Fsp3) is 0.167. The molecule has 4 aromatic heterocycles. The van der Waals surface area contributed by atoms with Crippen LogP contribution < -0.4 is 5.32 Å². The summed E-state index contributed by atoms with van der Waals surface area (Å²) in [5.41, 5.74) is 4.45. The summed E-state index contributed by atoms with van der Waals surface area (Å²) >= 11 is 13.8. The summed E-state index contributed by atoms with van der Waals surface area (Å²) in [6.45, 7) is 4.41. The third-order valence-electron chi connectivity index (χ3n) is 5.45. The largest absolute Gasteiger partial charge is 0.308 e. The Bertz CT molecular complexity index is 1510. The van der Waals surface area contributed by atoms with Crippen LogP contribution in [0.2, 0.25) is 10.0 Å². The van der Waals surface area contributed by atoms with E-state index in [1.807, 2.05) is 49.6 Å². The maximum Gasteiger partial charge on any atom is 0.247 e. The number of thiophene rings is 1. The van der Waals surface area contributed by atoms with E-state index < -0.39 is 0 Å². The van der Waals surface area contributed by atoms with Gasteiger partial charge in [0.1, 0.15) is 6.54 Å². The number of carbonyl (C=O) groups excluding carboxylic acids is 1. The number of hydrogen-bond donors (Lipinski definition) is 1. The van der Waals surface area contributed by atoms with Gasteiger partial charge in [0.15, 0.2) is 11.5 Å². The number of pyridine rings is 1. The highest BCUT2D eigenvalue weighted by Gasteiger charge is 2.17. The molecule has 0 saturated heterocycles. The van der Waals surface area contributed by atoms with Gasteiger partial charge in [-0.05, 0) is 49.1 Å². The first kappa shape index (κ1) is 22.6. The van der Waals surface area contributed by atoms with Gasteiger partial charge in [-0.25, -0.2) is 9.67 Å². The molecule has 172 valence electrons. The van der Waals surface area contributed by atoms with Crippen LogP contribution in [0.3, 0.4) is 0 Å². The van der Waals surface area contributed by atoms with Crippen LogP contribution in [0.15, 0.2) is 54.0 Å². The van der Waals surface area contributed by atoms with E-state index in [1.165, 1.54) is 0 Å². The Morgan fingerprint density at radius 3 is 2.68 bits per heavy atom. The molecule has 0 unspecified atom stereocenters. The second-order valence-corrected chi connectivity index (χ2v) is 9.66. The number of rotatable bonds is 6. The highest BCUT2D eigenvalue weighted by atomic mass is 35.5. The van der Waals surface area contributed by atoms with Crippen LogP contribution in [-0.4, -0.2) is 30.5 Å². The second kappa shape index (κ2) is 9.21. The standard InChI is InChI=1S/C24H20Cl2N6OS/c1-14-10-21(30-31(14)12-16-5-6-18(25)19(26)11-16)28-22(33)13-32-24-23(15(2)29-32)17(7-8-27-24)20-4-3-9-34-20/h3-11H,12-13H2,1-2H3,(H,28,30,33). The number of benzene rings is 1. The van der Waals surface area contributed by atoms with E-state index in [0.29, 0.717) is 28.1 Å². The van der Waals surface area contributed by atoms with Crippen LogP contribution in [0.5, 0.6) is 0 Å². The molecular formula is C24H20Cl2N6OS. The minimum Gasteiger partial charge on any atom is -0.308 e. The molecule has 0 aliphatic carbocycles. The van der Waals surface area contributed by atoms with Gasteiger partial charge in [-0.15, -0.1) is 11.3 Å². The van der Waals surface area contributed by atoms with E-state index in [1.54, 1.807) is 33.0 Å². The monoisotopic (exact) mass is 510 g/mol. The molecule has 0 aliphatic heterocycles. The van der Waals surface area contributed by atoms with Crippen molar-refractivity contribution in [3.63, 3.8) is 0 Å².